The predicted octanol–water partition coefficient (Wildman–Crippen LogP) is 8.81. The van der Waals surface area contributed by atoms with E-state index in [2.05, 4.69) is 4.98 Å². The van der Waals surface area contributed by atoms with Gasteiger partial charge >= 0.3 is 25.5 Å². The Balaban J connectivity index is 1.50. The maximum Gasteiger partial charge on any atom is 0.516 e. The van der Waals surface area contributed by atoms with E-state index in [1.807, 2.05) is 30.0 Å². The lowest BCUT2D eigenvalue weighted by Crippen LogP contribution is -2.48. The van der Waals surface area contributed by atoms with Gasteiger partial charge in [0.25, 0.3) is 0 Å². The molecule has 2 aliphatic heterocycles. The van der Waals surface area contributed by atoms with Gasteiger partial charge in [-0.25, -0.2) is 14.3 Å². The topological polar surface area (TPSA) is 79.8 Å². The number of anilines is 2. The average Bonchev–Trinajstić information content (AvgIpc) is 3.43. The number of carbonyl (C=O) groups is 2. The Bertz CT molecular complexity index is 1830. The van der Waals surface area contributed by atoms with E-state index in [1.54, 1.807) is 32.9 Å². The standard InChI is InChI=1S/C34H38F6N4O4P/c1-21-10-8-9-11-25(21)26-19-28(43-12-14-44(15-13-43)30(46)49(44,47)48-31(2,3)4)41-20-27(26)42(7)29(45)32(5,6)22-16-23(33(35,36)37)18-24(17-22)34(38,39)40/h8-11,16-20H,12-15H2,1-7H3/q+1. The van der Waals surface area contributed by atoms with Crippen LogP contribution in [0.5, 0.6) is 0 Å². The molecule has 8 nitrogen and oxygen atoms in total. The summed E-state index contributed by atoms with van der Waals surface area (Å²) in [6, 6.07) is 10.2. The van der Waals surface area contributed by atoms with Crippen molar-refractivity contribution in [1.82, 2.24) is 4.98 Å². The normalized spacial score (nSPS) is 19.7. The summed E-state index contributed by atoms with van der Waals surface area (Å²) < 4.78 is 101. The molecule has 3 heterocycles. The lowest BCUT2D eigenvalue weighted by Gasteiger charge is -2.34. The molecule has 2 amide bonds. The number of nitrogens with zero attached hydrogens (tertiary/aromatic N) is 4. The number of halogens is 6. The van der Waals surface area contributed by atoms with Gasteiger partial charge in [0.1, 0.15) is 18.9 Å². The first-order chi connectivity index (χ1) is 22.4. The zero-order chi connectivity index (χ0) is 36.5. The van der Waals surface area contributed by atoms with Crippen molar-refractivity contribution in [3.8, 4) is 11.1 Å². The third kappa shape index (κ3) is 6.62. The third-order valence-corrected chi connectivity index (χ3v) is 12.1. The number of carbonyl (C=O) groups excluding carboxylic acids is 2. The molecule has 264 valence electrons. The smallest absolute Gasteiger partial charge is 0.345 e. The predicted molar refractivity (Wildman–Crippen MR) is 173 cm³/mol. The fraction of sp³-hybridized carbons (Fsp3) is 0.441. The van der Waals surface area contributed by atoms with E-state index in [1.165, 1.54) is 32.0 Å². The van der Waals surface area contributed by atoms with Crippen LogP contribution in [0.3, 0.4) is 0 Å². The fourth-order valence-corrected chi connectivity index (χ4v) is 8.99. The van der Waals surface area contributed by atoms with Gasteiger partial charge in [-0.3, -0.25) is 9.32 Å². The molecule has 2 fully saturated rings. The number of likely N-dealkylation sites (N-methyl/N-ethyl adjacent to an activating group) is 1. The minimum atomic E-state index is -5.07. The summed E-state index contributed by atoms with van der Waals surface area (Å²) in [7, 11) is -2.14. The number of rotatable bonds is 6. The third-order valence-electron chi connectivity index (χ3n) is 9.08. The summed E-state index contributed by atoms with van der Waals surface area (Å²) >= 11 is 0. The van der Waals surface area contributed by atoms with Crippen LogP contribution in [-0.4, -0.2) is 59.6 Å². The number of aryl methyl sites for hydroxylation is 1. The first-order valence-electron chi connectivity index (χ1n) is 15.5. The van der Waals surface area contributed by atoms with Crippen LogP contribution in [0.15, 0.2) is 54.7 Å². The van der Waals surface area contributed by atoms with E-state index in [0.29, 0.717) is 36.6 Å². The summed E-state index contributed by atoms with van der Waals surface area (Å²) in [4.78, 5) is 34.6. The fourth-order valence-electron chi connectivity index (χ4n) is 6.23. The van der Waals surface area contributed by atoms with Crippen LogP contribution >= 0.6 is 7.52 Å². The Labute approximate surface area is 280 Å². The second-order valence-electron chi connectivity index (χ2n) is 14.0. The maximum atomic E-state index is 14.1. The monoisotopic (exact) mass is 711 g/mol. The number of piperazine rings is 1. The van der Waals surface area contributed by atoms with Gasteiger partial charge in [0.05, 0.1) is 47.1 Å². The Morgan fingerprint density at radius 1 is 0.878 bits per heavy atom. The summed E-state index contributed by atoms with van der Waals surface area (Å²) in [6.45, 7) is 10.8. The summed E-state index contributed by atoms with van der Waals surface area (Å²) in [5.74, 6) is -0.253. The number of alkyl halides is 6. The van der Waals surface area contributed by atoms with Gasteiger partial charge in [-0.05, 0) is 82.5 Å². The van der Waals surface area contributed by atoms with Crippen molar-refractivity contribution in [2.45, 2.75) is 64.9 Å². The van der Waals surface area contributed by atoms with Gasteiger partial charge in [-0.1, -0.05) is 24.3 Å². The largest absolute Gasteiger partial charge is 0.516 e. The van der Waals surface area contributed by atoms with Crippen molar-refractivity contribution in [2.75, 3.05) is 43.0 Å². The number of benzene rings is 2. The molecule has 3 aromatic rings. The van der Waals surface area contributed by atoms with Crippen molar-refractivity contribution in [3.63, 3.8) is 0 Å². The van der Waals surface area contributed by atoms with E-state index in [4.69, 9.17) is 4.52 Å². The molecule has 2 aromatic carbocycles. The van der Waals surface area contributed by atoms with Crippen LogP contribution in [0, 0.1) is 6.92 Å². The van der Waals surface area contributed by atoms with Crippen LogP contribution in [0.4, 0.5) is 42.6 Å². The highest BCUT2D eigenvalue weighted by Crippen LogP contribution is 2.77. The first kappa shape index (κ1) is 36.5. The molecule has 2 aliphatic rings. The number of quaternary nitrogens is 1. The van der Waals surface area contributed by atoms with Gasteiger partial charge in [0, 0.05) is 12.6 Å². The van der Waals surface area contributed by atoms with Gasteiger partial charge < -0.3 is 9.80 Å². The summed E-state index contributed by atoms with van der Waals surface area (Å²) in [5.41, 5.74) is -4.06. The number of hydrogen-bond acceptors (Lipinski definition) is 6. The SMILES string of the molecule is Cc1ccccc1-c1cc(N2CC[N+]3(CC2)C(=O)P3(=O)OC(C)(C)C)ncc1N(C)C(=O)C(C)(C)c1cc(C(F)(F)F)cc(C(F)(F)F)c1. The van der Waals surface area contributed by atoms with Crippen LogP contribution in [-0.2, 0) is 31.7 Å². The van der Waals surface area contributed by atoms with Crippen LogP contribution in [0.2, 0.25) is 0 Å². The quantitative estimate of drug-likeness (QED) is 0.145. The molecule has 49 heavy (non-hydrogen) atoms. The molecule has 1 unspecified atom stereocenters. The van der Waals surface area contributed by atoms with Gasteiger partial charge in [-0.2, -0.15) is 30.6 Å². The highest BCUT2D eigenvalue weighted by atomic mass is 31.2. The number of hydrogen-bond donors (Lipinski definition) is 0. The van der Waals surface area contributed by atoms with Crippen molar-refractivity contribution in [1.29, 1.82) is 0 Å². The van der Waals surface area contributed by atoms with E-state index in [0.717, 1.165) is 11.1 Å². The van der Waals surface area contributed by atoms with Crippen LogP contribution < -0.4 is 9.80 Å². The van der Waals surface area contributed by atoms with Crippen molar-refractivity contribution < 1.29 is 49.3 Å². The second-order valence-corrected chi connectivity index (χ2v) is 16.4. The molecule has 2 saturated heterocycles. The van der Waals surface area contributed by atoms with Gasteiger partial charge in [0.15, 0.2) is 0 Å². The molecule has 0 saturated carbocycles. The van der Waals surface area contributed by atoms with Crippen molar-refractivity contribution >= 4 is 30.6 Å². The lowest BCUT2D eigenvalue weighted by atomic mass is 9.81. The highest BCUT2D eigenvalue weighted by Gasteiger charge is 2.83. The van der Waals surface area contributed by atoms with Crippen LogP contribution in [0.25, 0.3) is 11.1 Å². The molecule has 0 radical (unpaired) electrons. The minimum Gasteiger partial charge on any atom is -0.345 e. The zero-order valence-corrected chi connectivity index (χ0v) is 29.1. The molecule has 0 N–H and O–H groups in total. The molecular formula is C34H38F6N4O4P+. The zero-order valence-electron chi connectivity index (χ0n) is 28.2. The second kappa shape index (κ2) is 11.9. The molecular weight excluding hydrogens is 673 g/mol. The minimum absolute atomic E-state index is 0.0313. The van der Waals surface area contributed by atoms with E-state index < -0.39 is 59.1 Å². The number of amides is 2. The Hall–Kier alpha value is -3.74. The summed E-state index contributed by atoms with van der Waals surface area (Å²) in [6.07, 6.45) is -8.71. The Kier molecular flexibility index (Phi) is 8.91. The van der Waals surface area contributed by atoms with Crippen LogP contribution in [0.1, 0.15) is 56.9 Å². The van der Waals surface area contributed by atoms with Crippen molar-refractivity contribution in [3.05, 3.63) is 77.0 Å². The average molecular weight is 712 g/mol. The maximum absolute atomic E-state index is 14.1. The van der Waals surface area contributed by atoms with Gasteiger partial charge in [0.2, 0.25) is 5.91 Å². The lowest BCUT2D eigenvalue weighted by molar-refractivity contribution is -0.683. The molecule has 1 spiro atoms. The highest BCUT2D eigenvalue weighted by molar-refractivity contribution is 7.79. The summed E-state index contributed by atoms with van der Waals surface area (Å²) in [5, 5.41) is 0. The molecule has 0 bridgehead atoms. The van der Waals surface area contributed by atoms with E-state index >= 15 is 0 Å². The van der Waals surface area contributed by atoms with Gasteiger partial charge in [-0.15, -0.1) is 0 Å². The molecule has 1 atom stereocenters. The van der Waals surface area contributed by atoms with E-state index in [-0.39, 0.29) is 29.1 Å². The molecule has 15 heteroatoms. The first-order valence-corrected chi connectivity index (χ1v) is 17.1. The number of aromatic nitrogens is 1. The van der Waals surface area contributed by atoms with Crippen molar-refractivity contribution in [2.24, 2.45) is 0 Å². The molecule has 5 rings (SSSR count). The molecule has 1 aromatic heterocycles. The Morgan fingerprint density at radius 3 is 1.92 bits per heavy atom. The molecule has 0 aliphatic carbocycles. The Morgan fingerprint density at radius 2 is 1.41 bits per heavy atom. The van der Waals surface area contributed by atoms with E-state index in [9.17, 15) is 40.5 Å². The number of pyridine rings is 1.